The average molecular weight is 320 g/mol. The highest BCUT2D eigenvalue weighted by Gasteiger charge is 2.34. The molecule has 0 bridgehead atoms. The Kier molecular flexibility index (Phi) is 5.95. The molecular formula is C14H19F3N2OS. The zero-order valence-corrected chi connectivity index (χ0v) is 13.0. The summed E-state index contributed by atoms with van der Waals surface area (Å²) in [6.07, 6.45) is -1.90. The van der Waals surface area contributed by atoms with Crippen molar-refractivity contribution in [1.29, 1.82) is 0 Å². The van der Waals surface area contributed by atoms with Crippen LogP contribution < -0.4 is 5.73 Å². The molecule has 0 heterocycles. The normalized spacial score (nSPS) is 13.0. The summed E-state index contributed by atoms with van der Waals surface area (Å²) in [6, 6.07) is 3.26. The maximum absolute atomic E-state index is 12.8. The number of nitrogens with two attached hydrogens (primary N) is 1. The lowest BCUT2D eigenvalue weighted by Crippen LogP contribution is -2.38. The highest BCUT2D eigenvalue weighted by Crippen LogP contribution is 2.34. The van der Waals surface area contributed by atoms with Gasteiger partial charge in [0, 0.05) is 30.1 Å². The SMILES string of the molecule is CCC(CSC)N(C)C(=O)c1ccc(N)c(C(F)(F)F)c1. The Bertz CT molecular complexity index is 505. The van der Waals surface area contributed by atoms with E-state index < -0.39 is 17.6 Å². The van der Waals surface area contributed by atoms with Crippen LogP contribution in [0.5, 0.6) is 0 Å². The minimum atomic E-state index is -4.57. The second kappa shape index (κ2) is 7.06. The molecule has 1 aromatic carbocycles. The lowest BCUT2D eigenvalue weighted by Gasteiger charge is -2.27. The zero-order chi connectivity index (χ0) is 16.2. The predicted octanol–water partition coefficient (Wildman–Crippen LogP) is 3.50. The summed E-state index contributed by atoms with van der Waals surface area (Å²) < 4.78 is 38.5. The van der Waals surface area contributed by atoms with E-state index in [1.807, 2.05) is 13.2 Å². The second-order valence-corrected chi connectivity index (χ2v) is 5.64. The van der Waals surface area contributed by atoms with Crippen LogP contribution in [0.2, 0.25) is 0 Å². The van der Waals surface area contributed by atoms with Gasteiger partial charge in [-0.1, -0.05) is 6.92 Å². The number of nitrogen functional groups attached to an aromatic ring is 1. The van der Waals surface area contributed by atoms with Crippen molar-refractivity contribution in [2.45, 2.75) is 25.6 Å². The summed E-state index contributed by atoms with van der Waals surface area (Å²) in [5, 5.41) is 0. The van der Waals surface area contributed by atoms with Gasteiger partial charge in [0.2, 0.25) is 0 Å². The maximum Gasteiger partial charge on any atom is 0.418 e. The molecule has 0 radical (unpaired) electrons. The van der Waals surface area contributed by atoms with Crippen LogP contribution in [0, 0.1) is 0 Å². The number of alkyl halides is 3. The first kappa shape index (κ1) is 17.7. The summed E-state index contributed by atoms with van der Waals surface area (Å²) in [5.41, 5.74) is 3.99. The minimum Gasteiger partial charge on any atom is -0.398 e. The van der Waals surface area contributed by atoms with Crippen molar-refractivity contribution < 1.29 is 18.0 Å². The van der Waals surface area contributed by atoms with Gasteiger partial charge in [-0.2, -0.15) is 24.9 Å². The van der Waals surface area contributed by atoms with E-state index in [1.54, 1.807) is 18.8 Å². The molecule has 21 heavy (non-hydrogen) atoms. The van der Waals surface area contributed by atoms with E-state index in [-0.39, 0.29) is 17.3 Å². The first-order chi connectivity index (χ1) is 9.72. The number of amides is 1. The first-order valence-electron chi connectivity index (χ1n) is 6.45. The molecule has 1 atom stereocenters. The van der Waals surface area contributed by atoms with Gasteiger partial charge in [-0.05, 0) is 30.9 Å². The van der Waals surface area contributed by atoms with E-state index in [4.69, 9.17) is 5.73 Å². The van der Waals surface area contributed by atoms with Gasteiger partial charge in [0.15, 0.2) is 0 Å². The Morgan fingerprint density at radius 1 is 1.43 bits per heavy atom. The van der Waals surface area contributed by atoms with Gasteiger partial charge in [0.1, 0.15) is 0 Å². The molecule has 0 aliphatic heterocycles. The van der Waals surface area contributed by atoms with Gasteiger partial charge in [-0.25, -0.2) is 0 Å². The molecule has 0 aromatic heterocycles. The molecule has 0 saturated carbocycles. The van der Waals surface area contributed by atoms with Crippen molar-refractivity contribution in [2.75, 3.05) is 24.8 Å². The molecule has 0 fully saturated rings. The topological polar surface area (TPSA) is 46.3 Å². The predicted molar refractivity (Wildman–Crippen MR) is 80.4 cm³/mol. The standard InChI is InChI=1S/C14H19F3N2OS/c1-4-10(8-21-3)19(2)13(20)9-5-6-12(18)11(7-9)14(15,16)17/h5-7,10H,4,8,18H2,1-3H3. The third kappa shape index (κ3) is 4.30. The largest absolute Gasteiger partial charge is 0.418 e. The number of nitrogens with zero attached hydrogens (tertiary/aromatic N) is 1. The third-order valence-electron chi connectivity index (χ3n) is 3.30. The highest BCUT2D eigenvalue weighted by molar-refractivity contribution is 7.98. The van der Waals surface area contributed by atoms with E-state index in [9.17, 15) is 18.0 Å². The van der Waals surface area contributed by atoms with Gasteiger partial charge in [0.25, 0.3) is 5.91 Å². The molecule has 0 saturated heterocycles. The Morgan fingerprint density at radius 3 is 2.52 bits per heavy atom. The first-order valence-corrected chi connectivity index (χ1v) is 7.84. The summed E-state index contributed by atoms with van der Waals surface area (Å²) in [6.45, 7) is 1.94. The molecule has 0 aliphatic rings. The van der Waals surface area contributed by atoms with E-state index >= 15 is 0 Å². The molecule has 7 heteroatoms. The summed E-state index contributed by atoms with van der Waals surface area (Å²) in [5.74, 6) is 0.307. The number of benzene rings is 1. The molecule has 1 rings (SSSR count). The minimum absolute atomic E-state index is 0.00132. The van der Waals surface area contributed by atoms with Crippen LogP contribution in [0.15, 0.2) is 18.2 Å². The van der Waals surface area contributed by atoms with Crippen molar-refractivity contribution >= 4 is 23.4 Å². The van der Waals surface area contributed by atoms with Gasteiger partial charge >= 0.3 is 6.18 Å². The lowest BCUT2D eigenvalue weighted by molar-refractivity contribution is -0.136. The van der Waals surface area contributed by atoms with Crippen LogP contribution in [0.3, 0.4) is 0 Å². The van der Waals surface area contributed by atoms with Crippen molar-refractivity contribution in [2.24, 2.45) is 0 Å². The van der Waals surface area contributed by atoms with Gasteiger partial charge < -0.3 is 10.6 Å². The molecule has 0 aliphatic carbocycles. The molecule has 1 amide bonds. The Morgan fingerprint density at radius 2 is 2.05 bits per heavy atom. The van der Waals surface area contributed by atoms with Crippen LogP contribution in [-0.4, -0.2) is 35.9 Å². The van der Waals surface area contributed by atoms with E-state index in [1.165, 1.54) is 11.0 Å². The van der Waals surface area contributed by atoms with Crippen molar-refractivity contribution in [3.63, 3.8) is 0 Å². The molecule has 1 aromatic rings. The fourth-order valence-corrected chi connectivity index (χ4v) is 2.84. The van der Waals surface area contributed by atoms with E-state index in [0.29, 0.717) is 0 Å². The highest BCUT2D eigenvalue weighted by atomic mass is 32.2. The fourth-order valence-electron chi connectivity index (χ4n) is 2.00. The number of hydrogen-bond donors (Lipinski definition) is 1. The fraction of sp³-hybridized carbons (Fsp3) is 0.500. The van der Waals surface area contributed by atoms with Crippen LogP contribution in [0.25, 0.3) is 0 Å². The number of anilines is 1. The number of carbonyl (C=O) groups is 1. The second-order valence-electron chi connectivity index (χ2n) is 4.73. The summed E-state index contributed by atoms with van der Waals surface area (Å²) in [4.78, 5) is 13.8. The lowest BCUT2D eigenvalue weighted by atomic mass is 10.1. The smallest absolute Gasteiger partial charge is 0.398 e. The average Bonchev–Trinajstić information content (AvgIpc) is 2.42. The van der Waals surface area contributed by atoms with Gasteiger partial charge in [0.05, 0.1) is 5.56 Å². The van der Waals surface area contributed by atoms with Crippen LogP contribution >= 0.6 is 11.8 Å². The number of hydrogen-bond acceptors (Lipinski definition) is 3. The van der Waals surface area contributed by atoms with Gasteiger partial charge in [-0.15, -0.1) is 0 Å². The number of rotatable bonds is 5. The van der Waals surface area contributed by atoms with Crippen molar-refractivity contribution in [3.8, 4) is 0 Å². The molecule has 3 nitrogen and oxygen atoms in total. The molecule has 2 N–H and O–H groups in total. The maximum atomic E-state index is 12.8. The number of halogens is 3. The van der Waals surface area contributed by atoms with Crippen LogP contribution in [-0.2, 0) is 6.18 Å². The summed E-state index contributed by atoms with van der Waals surface area (Å²) in [7, 11) is 1.61. The number of carbonyl (C=O) groups excluding carboxylic acids is 1. The van der Waals surface area contributed by atoms with Crippen LogP contribution in [0.4, 0.5) is 18.9 Å². The van der Waals surface area contributed by atoms with Gasteiger partial charge in [-0.3, -0.25) is 4.79 Å². The third-order valence-corrected chi connectivity index (χ3v) is 4.02. The van der Waals surface area contributed by atoms with Crippen LogP contribution in [0.1, 0.15) is 29.3 Å². The Labute approximate surface area is 126 Å². The summed E-state index contributed by atoms with van der Waals surface area (Å²) >= 11 is 1.59. The van der Waals surface area contributed by atoms with Crippen molar-refractivity contribution in [1.82, 2.24) is 4.90 Å². The van der Waals surface area contributed by atoms with E-state index in [0.717, 1.165) is 24.3 Å². The molecule has 118 valence electrons. The zero-order valence-electron chi connectivity index (χ0n) is 12.2. The quantitative estimate of drug-likeness (QED) is 0.845. The number of thioether (sulfide) groups is 1. The monoisotopic (exact) mass is 320 g/mol. The van der Waals surface area contributed by atoms with Crippen molar-refractivity contribution in [3.05, 3.63) is 29.3 Å². The molecular weight excluding hydrogens is 301 g/mol. The van der Waals surface area contributed by atoms with E-state index in [2.05, 4.69) is 0 Å². The Balaban J connectivity index is 3.08. The molecule has 0 spiro atoms. The Hall–Kier alpha value is -1.37. The molecule has 1 unspecified atom stereocenters.